The summed E-state index contributed by atoms with van der Waals surface area (Å²) < 4.78 is 1.97. The number of halogens is 1. The third-order valence-corrected chi connectivity index (χ3v) is 3.22. The van der Waals surface area contributed by atoms with Crippen molar-refractivity contribution in [1.82, 2.24) is 9.55 Å². The molecule has 0 aliphatic carbocycles. The first-order valence-electron chi connectivity index (χ1n) is 5.98. The summed E-state index contributed by atoms with van der Waals surface area (Å²) in [5, 5.41) is 11.1. The van der Waals surface area contributed by atoms with E-state index in [9.17, 15) is 5.11 Å². The van der Waals surface area contributed by atoms with Crippen molar-refractivity contribution in [2.45, 2.75) is 31.9 Å². The van der Waals surface area contributed by atoms with E-state index in [2.05, 4.69) is 4.98 Å². The van der Waals surface area contributed by atoms with E-state index in [0.717, 1.165) is 17.1 Å². The minimum atomic E-state index is -0.724. The van der Waals surface area contributed by atoms with Crippen LogP contribution in [0.5, 0.6) is 0 Å². The second kappa shape index (κ2) is 5.55. The summed E-state index contributed by atoms with van der Waals surface area (Å²) in [5.74, 6) is 0. The summed E-state index contributed by atoms with van der Waals surface area (Å²) in [4.78, 5) is 3.98. The summed E-state index contributed by atoms with van der Waals surface area (Å²) in [5.41, 5.74) is 0.369. The number of rotatable bonds is 5. The van der Waals surface area contributed by atoms with Crippen molar-refractivity contribution < 1.29 is 5.11 Å². The summed E-state index contributed by atoms with van der Waals surface area (Å²) in [6.07, 6.45) is 6.72. The van der Waals surface area contributed by atoms with Gasteiger partial charge in [0.25, 0.3) is 0 Å². The van der Waals surface area contributed by atoms with Crippen LogP contribution in [0.3, 0.4) is 0 Å². The number of hydrogen-bond acceptors (Lipinski definition) is 2. The van der Waals surface area contributed by atoms with Gasteiger partial charge in [-0.05, 0) is 31.0 Å². The van der Waals surface area contributed by atoms with Gasteiger partial charge in [-0.25, -0.2) is 4.98 Å². The van der Waals surface area contributed by atoms with Gasteiger partial charge in [0.1, 0.15) is 0 Å². The average Bonchev–Trinajstić information content (AvgIpc) is 2.83. The maximum absolute atomic E-state index is 10.4. The Morgan fingerprint density at radius 1 is 1.33 bits per heavy atom. The van der Waals surface area contributed by atoms with Gasteiger partial charge in [-0.2, -0.15) is 0 Å². The largest absolute Gasteiger partial charge is 0.390 e. The lowest BCUT2D eigenvalue weighted by Gasteiger charge is -2.23. The molecule has 0 bridgehead atoms. The first-order chi connectivity index (χ1) is 8.55. The van der Waals surface area contributed by atoms with Crippen molar-refractivity contribution in [3.8, 4) is 0 Å². The highest BCUT2D eigenvalue weighted by atomic mass is 35.5. The van der Waals surface area contributed by atoms with E-state index in [1.54, 1.807) is 12.5 Å². The number of aliphatic hydroxyl groups is 1. The molecule has 1 unspecified atom stereocenters. The molecule has 2 aromatic rings. The Morgan fingerprint density at radius 3 is 2.67 bits per heavy atom. The molecule has 0 saturated carbocycles. The highest BCUT2D eigenvalue weighted by molar-refractivity contribution is 6.30. The number of imidazole rings is 1. The lowest BCUT2D eigenvalue weighted by atomic mass is 9.93. The minimum Gasteiger partial charge on any atom is -0.390 e. The van der Waals surface area contributed by atoms with Crippen molar-refractivity contribution in [3.63, 3.8) is 0 Å². The van der Waals surface area contributed by atoms with Crippen molar-refractivity contribution in [3.05, 3.63) is 53.6 Å². The van der Waals surface area contributed by atoms with E-state index in [-0.39, 0.29) is 0 Å². The van der Waals surface area contributed by atoms with E-state index in [4.69, 9.17) is 11.6 Å². The number of benzene rings is 1. The zero-order valence-electron chi connectivity index (χ0n) is 10.4. The van der Waals surface area contributed by atoms with Crippen LogP contribution in [0.1, 0.15) is 18.9 Å². The monoisotopic (exact) mass is 264 g/mol. The predicted octanol–water partition coefficient (Wildman–Crippen LogP) is 2.92. The van der Waals surface area contributed by atoms with Crippen LogP contribution in [0.25, 0.3) is 0 Å². The maximum Gasteiger partial charge on any atom is 0.0945 e. The van der Waals surface area contributed by atoms with Gasteiger partial charge in [-0.3, -0.25) is 0 Å². The van der Waals surface area contributed by atoms with Gasteiger partial charge in [0.15, 0.2) is 0 Å². The molecule has 0 spiro atoms. The molecule has 0 aliphatic heterocycles. The van der Waals surface area contributed by atoms with E-state index in [1.165, 1.54) is 0 Å². The molecule has 0 amide bonds. The Bertz CT molecular complexity index is 477. The fourth-order valence-corrected chi connectivity index (χ4v) is 2.05. The normalized spacial score (nSPS) is 14.4. The zero-order chi connectivity index (χ0) is 13.0. The molecule has 0 fully saturated rings. The van der Waals surface area contributed by atoms with E-state index in [0.29, 0.717) is 12.8 Å². The third kappa shape index (κ3) is 3.86. The van der Waals surface area contributed by atoms with Gasteiger partial charge < -0.3 is 9.67 Å². The van der Waals surface area contributed by atoms with Crippen LogP contribution < -0.4 is 0 Å². The molecular formula is C14H17ClN2O. The van der Waals surface area contributed by atoms with Crippen LogP contribution in [0.2, 0.25) is 5.02 Å². The Morgan fingerprint density at radius 2 is 2.06 bits per heavy atom. The molecule has 1 atom stereocenters. The van der Waals surface area contributed by atoms with Gasteiger partial charge in [0.05, 0.1) is 11.9 Å². The van der Waals surface area contributed by atoms with Crippen LogP contribution in [-0.4, -0.2) is 20.3 Å². The highest BCUT2D eigenvalue weighted by Crippen LogP contribution is 2.19. The lowest BCUT2D eigenvalue weighted by Crippen LogP contribution is -2.28. The van der Waals surface area contributed by atoms with Crippen molar-refractivity contribution in [2.75, 3.05) is 0 Å². The number of hydrogen-bond donors (Lipinski definition) is 1. The first-order valence-corrected chi connectivity index (χ1v) is 6.35. The standard InChI is InChI=1S/C14H17ClN2O/c1-14(18,6-8-17-9-7-16-11-17)10-12-2-4-13(15)5-3-12/h2-5,7,9,11,18H,6,8,10H2,1H3. The Hall–Kier alpha value is -1.32. The van der Waals surface area contributed by atoms with Gasteiger partial charge >= 0.3 is 0 Å². The topological polar surface area (TPSA) is 38.0 Å². The second-order valence-electron chi connectivity index (χ2n) is 4.85. The van der Waals surface area contributed by atoms with Crippen LogP contribution in [-0.2, 0) is 13.0 Å². The molecule has 96 valence electrons. The summed E-state index contributed by atoms with van der Waals surface area (Å²) in [7, 11) is 0. The predicted molar refractivity (Wildman–Crippen MR) is 72.6 cm³/mol. The van der Waals surface area contributed by atoms with Crippen molar-refractivity contribution in [1.29, 1.82) is 0 Å². The highest BCUT2D eigenvalue weighted by Gasteiger charge is 2.20. The molecule has 0 saturated heterocycles. The smallest absolute Gasteiger partial charge is 0.0945 e. The fraction of sp³-hybridized carbons (Fsp3) is 0.357. The molecule has 1 aromatic carbocycles. The SMILES string of the molecule is CC(O)(CCn1ccnc1)Cc1ccc(Cl)cc1. The average molecular weight is 265 g/mol. The molecule has 18 heavy (non-hydrogen) atoms. The van der Waals surface area contributed by atoms with Gasteiger partial charge in [0.2, 0.25) is 0 Å². The Kier molecular flexibility index (Phi) is 4.04. The number of nitrogens with zero attached hydrogens (tertiary/aromatic N) is 2. The van der Waals surface area contributed by atoms with Crippen LogP contribution in [0, 0.1) is 0 Å². The van der Waals surface area contributed by atoms with Gasteiger partial charge in [0, 0.05) is 30.4 Å². The molecule has 2 rings (SSSR count). The molecule has 4 heteroatoms. The molecule has 0 aliphatic rings. The number of aromatic nitrogens is 2. The molecule has 0 radical (unpaired) electrons. The van der Waals surface area contributed by atoms with E-state index >= 15 is 0 Å². The first kappa shape index (κ1) is 13.1. The quantitative estimate of drug-likeness (QED) is 0.902. The van der Waals surface area contributed by atoms with E-state index < -0.39 is 5.60 Å². The molecular weight excluding hydrogens is 248 g/mol. The van der Waals surface area contributed by atoms with Crippen LogP contribution >= 0.6 is 11.6 Å². The minimum absolute atomic E-state index is 0.624. The molecule has 1 N–H and O–H groups in total. The second-order valence-corrected chi connectivity index (χ2v) is 5.29. The zero-order valence-corrected chi connectivity index (χ0v) is 11.1. The number of aryl methyl sites for hydroxylation is 1. The van der Waals surface area contributed by atoms with Crippen molar-refractivity contribution in [2.24, 2.45) is 0 Å². The summed E-state index contributed by atoms with van der Waals surface area (Å²) in [6.45, 7) is 2.62. The summed E-state index contributed by atoms with van der Waals surface area (Å²) >= 11 is 5.84. The van der Waals surface area contributed by atoms with Gasteiger partial charge in [-0.1, -0.05) is 23.7 Å². The molecule has 1 aromatic heterocycles. The lowest BCUT2D eigenvalue weighted by molar-refractivity contribution is 0.0467. The van der Waals surface area contributed by atoms with Crippen LogP contribution in [0.15, 0.2) is 43.0 Å². The third-order valence-electron chi connectivity index (χ3n) is 2.97. The van der Waals surface area contributed by atoms with E-state index in [1.807, 2.05) is 42.0 Å². The van der Waals surface area contributed by atoms with Gasteiger partial charge in [-0.15, -0.1) is 0 Å². The Labute approximate surface area is 112 Å². The van der Waals surface area contributed by atoms with Crippen LogP contribution in [0.4, 0.5) is 0 Å². The maximum atomic E-state index is 10.4. The molecule has 3 nitrogen and oxygen atoms in total. The molecule has 1 heterocycles. The Balaban J connectivity index is 1.92. The summed E-state index contributed by atoms with van der Waals surface area (Å²) in [6, 6.07) is 7.60. The van der Waals surface area contributed by atoms with Crippen molar-refractivity contribution >= 4 is 11.6 Å². The fourth-order valence-electron chi connectivity index (χ4n) is 1.92.